The summed E-state index contributed by atoms with van der Waals surface area (Å²) in [6.45, 7) is 1.76. The highest BCUT2D eigenvalue weighted by atomic mass is 19.4. The predicted molar refractivity (Wildman–Crippen MR) is 106 cm³/mol. The summed E-state index contributed by atoms with van der Waals surface area (Å²) in [5.41, 5.74) is 5.40. The van der Waals surface area contributed by atoms with Gasteiger partial charge in [0.05, 0.1) is 17.8 Å². The Kier molecular flexibility index (Phi) is 6.73. The molecule has 2 amide bonds. The fraction of sp³-hybridized carbons (Fsp3) is 0.333. The lowest BCUT2D eigenvalue weighted by Gasteiger charge is -2.39. The van der Waals surface area contributed by atoms with Crippen molar-refractivity contribution < 1.29 is 22.8 Å². The van der Waals surface area contributed by atoms with Gasteiger partial charge >= 0.3 is 6.18 Å². The fourth-order valence-electron chi connectivity index (χ4n) is 3.53. The third-order valence-corrected chi connectivity index (χ3v) is 5.01. The minimum absolute atomic E-state index is 0.223. The van der Waals surface area contributed by atoms with Crippen molar-refractivity contribution >= 4 is 17.5 Å². The summed E-state index contributed by atoms with van der Waals surface area (Å²) in [6, 6.07) is 13.8. The number of piperazine rings is 1. The van der Waals surface area contributed by atoms with Gasteiger partial charge in [0.15, 0.2) is 0 Å². The van der Waals surface area contributed by atoms with Gasteiger partial charge in [-0.3, -0.25) is 19.4 Å². The Labute approximate surface area is 172 Å². The van der Waals surface area contributed by atoms with Crippen LogP contribution in [0.15, 0.2) is 54.6 Å². The van der Waals surface area contributed by atoms with Crippen molar-refractivity contribution in [1.82, 2.24) is 9.80 Å². The summed E-state index contributed by atoms with van der Waals surface area (Å²) in [6.07, 6.45) is -4.58. The van der Waals surface area contributed by atoms with E-state index in [2.05, 4.69) is 10.2 Å². The molecule has 1 atom stereocenters. The molecular formula is C21H23F3N4O2. The van der Waals surface area contributed by atoms with E-state index in [0.29, 0.717) is 26.2 Å². The van der Waals surface area contributed by atoms with Crippen LogP contribution in [0.1, 0.15) is 11.1 Å². The predicted octanol–water partition coefficient (Wildman–Crippen LogP) is 2.32. The molecule has 1 saturated heterocycles. The molecule has 0 bridgehead atoms. The number of benzene rings is 2. The van der Waals surface area contributed by atoms with Crippen LogP contribution in [0.4, 0.5) is 18.9 Å². The molecule has 3 rings (SSSR count). The second-order valence-electron chi connectivity index (χ2n) is 7.20. The number of alkyl halides is 3. The van der Waals surface area contributed by atoms with E-state index in [4.69, 9.17) is 5.73 Å². The molecule has 6 nitrogen and oxygen atoms in total. The molecule has 2 aromatic carbocycles. The SMILES string of the molecule is NC(=O)[C@@H]1CN(Cc2ccccc2)CCN1CC(=O)Nc1ccccc1C(F)(F)F. The van der Waals surface area contributed by atoms with Crippen molar-refractivity contribution in [1.29, 1.82) is 0 Å². The van der Waals surface area contributed by atoms with Crippen molar-refractivity contribution in [2.45, 2.75) is 18.8 Å². The second kappa shape index (κ2) is 9.27. The smallest absolute Gasteiger partial charge is 0.368 e. The maximum absolute atomic E-state index is 13.1. The highest BCUT2D eigenvalue weighted by Gasteiger charge is 2.35. The summed E-state index contributed by atoms with van der Waals surface area (Å²) in [5, 5.41) is 2.31. The first-order valence-electron chi connectivity index (χ1n) is 9.50. The number of para-hydroxylation sites is 1. The van der Waals surface area contributed by atoms with E-state index in [0.717, 1.165) is 11.6 Å². The average molecular weight is 420 g/mol. The number of amides is 2. The zero-order valence-electron chi connectivity index (χ0n) is 16.2. The summed E-state index contributed by atoms with van der Waals surface area (Å²) >= 11 is 0. The highest BCUT2D eigenvalue weighted by molar-refractivity contribution is 5.93. The molecule has 0 saturated carbocycles. The summed E-state index contributed by atoms with van der Waals surface area (Å²) in [5.74, 6) is -1.20. The number of carbonyl (C=O) groups is 2. The van der Waals surface area contributed by atoms with E-state index >= 15 is 0 Å². The molecule has 0 aromatic heterocycles. The van der Waals surface area contributed by atoms with Gasteiger partial charge in [-0.1, -0.05) is 42.5 Å². The molecular weight excluding hydrogens is 397 g/mol. The number of anilines is 1. The molecule has 0 spiro atoms. The van der Waals surface area contributed by atoms with E-state index < -0.39 is 29.6 Å². The minimum Gasteiger partial charge on any atom is -0.368 e. The first kappa shape index (κ1) is 21.8. The molecule has 0 aliphatic carbocycles. The van der Waals surface area contributed by atoms with E-state index in [1.54, 1.807) is 4.90 Å². The monoisotopic (exact) mass is 420 g/mol. The Balaban J connectivity index is 1.63. The van der Waals surface area contributed by atoms with Crippen LogP contribution in [-0.2, 0) is 22.3 Å². The number of nitrogens with one attached hydrogen (secondary N) is 1. The van der Waals surface area contributed by atoms with Gasteiger partial charge in [-0.05, 0) is 17.7 Å². The van der Waals surface area contributed by atoms with Crippen LogP contribution >= 0.6 is 0 Å². The van der Waals surface area contributed by atoms with E-state index in [-0.39, 0.29) is 12.2 Å². The van der Waals surface area contributed by atoms with E-state index in [9.17, 15) is 22.8 Å². The number of primary amides is 1. The van der Waals surface area contributed by atoms with Crippen LogP contribution in [-0.4, -0.2) is 53.8 Å². The molecule has 1 aliphatic heterocycles. The normalized spacial score (nSPS) is 18.2. The largest absolute Gasteiger partial charge is 0.418 e. The number of hydrogen-bond donors (Lipinski definition) is 2. The number of nitrogens with zero attached hydrogens (tertiary/aromatic N) is 2. The van der Waals surface area contributed by atoms with Gasteiger partial charge in [0.1, 0.15) is 6.04 Å². The maximum atomic E-state index is 13.1. The lowest BCUT2D eigenvalue weighted by molar-refractivity contribution is -0.137. The van der Waals surface area contributed by atoms with Gasteiger partial charge in [-0.25, -0.2) is 0 Å². The fourth-order valence-corrected chi connectivity index (χ4v) is 3.53. The Morgan fingerprint density at radius 2 is 1.70 bits per heavy atom. The van der Waals surface area contributed by atoms with Gasteiger partial charge in [-0.2, -0.15) is 13.2 Å². The van der Waals surface area contributed by atoms with Gasteiger partial charge in [-0.15, -0.1) is 0 Å². The van der Waals surface area contributed by atoms with Gasteiger partial charge in [0.2, 0.25) is 11.8 Å². The van der Waals surface area contributed by atoms with Crippen LogP contribution in [0.25, 0.3) is 0 Å². The molecule has 160 valence electrons. The van der Waals surface area contributed by atoms with Crippen molar-refractivity contribution in [2.24, 2.45) is 5.73 Å². The quantitative estimate of drug-likeness (QED) is 0.752. The first-order chi connectivity index (χ1) is 14.2. The summed E-state index contributed by atoms with van der Waals surface area (Å²) in [4.78, 5) is 28.1. The molecule has 0 radical (unpaired) electrons. The third kappa shape index (κ3) is 5.58. The van der Waals surface area contributed by atoms with Crippen LogP contribution in [0.2, 0.25) is 0 Å². The molecule has 3 N–H and O–H groups in total. The Morgan fingerprint density at radius 1 is 1.03 bits per heavy atom. The Hall–Kier alpha value is -2.91. The standard InChI is InChI=1S/C21H23F3N4O2/c22-21(23,24)16-8-4-5-9-17(16)26-19(29)14-28-11-10-27(13-18(28)20(25)30)12-15-6-2-1-3-7-15/h1-9,18H,10-14H2,(H2,25,30)(H,26,29)/t18-/m0/s1. The maximum Gasteiger partial charge on any atom is 0.418 e. The van der Waals surface area contributed by atoms with Crippen molar-refractivity contribution in [3.8, 4) is 0 Å². The lowest BCUT2D eigenvalue weighted by atomic mass is 10.1. The summed E-state index contributed by atoms with van der Waals surface area (Å²) in [7, 11) is 0. The van der Waals surface area contributed by atoms with E-state index in [1.807, 2.05) is 30.3 Å². The van der Waals surface area contributed by atoms with Crippen LogP contribution < -0.4 is 11.1 Å². The number of hydrogen-bond acceptors (Lipinski definition) is 4. The summed E-state index contributed by atoms with van der Waals surface area (Å²) < 4.78 is 39.4. The van der Waals surface area contributed by atoms with E-state index in [1.165, 1.54) is 18.2 Å². The lowest BCUT2D eigenvalue weighted by Crippen LogP contribution is -2.59. The van der Waals surface area contributed by atoms with Crippen LogP contribution in [0, 0.1) is 0 Å². The molecule has 9 heteroatoms. The molecule has 1 aliphatic rings. The van der Waals surface area contributed by atoms with Gasteiger partial charge < -0.3 is 11.1 Å². The topological polar surface area (TPSA) is 78.7 Å². The van der Waals surface area contributed by atoms with Crippen molar-refractivity contribution in [3.05, 3.63) is 65.7 Å². The van der Waals surface area contributed by atoms with Crippen LogP contribution in [0.5, 0.6) is 0 Å². The number of nitrogens with two attached hydrogens (primary N) is 1. The molecule has 30 heavy (non-hydrogen) atoms. The zero-order chi connectivity index (χ0) is 21.7. The van der Waals surface area contributed by atoms with Gasteiger partial charge in [0.25, 0.3) is 0 Å². The first-order valence-corrected chi connectivity index (χ1v) is 9.50. The van der Waals surface area contributed by atoms with Crippen molar-refractivity contribution in [3.63, 3.8) is 0 Å². The van der Waals surface area contributed by atoms with Crippen LogP contribution in [0.3, 0.4) is 0 Å². The second-order valence-corrected chi connectivity index (χ2v) is 7.20. The molecule has 1 fully saturated rings. The molecule has 2 aromatic rings. The number of rotatable bonds is 6. The number of carbonyl (C=O) groups excluding carboxylic acids is 2. The Morgan fingerprint density at radius 3 is 2.37 bits per heavy atom. The molecule has 0 unspecified atom stereocenters. The minimum atomic E-state index is -4.58. The molecule has 1 heterocycles. The number of halogens is 3. The zero-order valence-corrected chi connectivity index (χ0v) is 16.2. The average Bonchev–Trinajstić information content (AvgIpc) is 2.69. The third-order valence-electron chi connectivity index (χ3n) is 5.01. The van der Waals surface area contributed by atoms with Crippen molar-refractivity contribution in [2.75, 3.05) is 31.5 Å². The highest BCUT2D eigenvalue weighted by Crippen LogP contribution is 2.34. The van der Waals surface area contributed by atoms with Gasteiger partial charge in [0, 0.05) is 26.2 Å². The Bertz CT molecular complexity index is 889.